The second kappa shape index (κ2) is 9.15. The van der Waals surface area contributed by atoms with E-state index in [1.807, 2.05) is 60.7 Å². The van der Waals surface area contributed by atoms with Gasteiger partial charge in [-0.1, -0.05) is 45.7 Å². The van der Waals surface area contributed by atoms with Crippen molar-refractivity contribution in [2.75, 3.05) is 0 Å². The summed E-state index contributed by atoms with van der Waals surface area (Å²) in [7, 11) is 0. The fourth-order valence-electron chi connectivity index (χ4n) is 2.77. The molecule has 0 aliphatic heterocycles. The lowest BCUT2D eigenvalue weighted by molar-refractivity contribution is 0.0929. The first-order chi connectivity index (χ1) is 14.6. The van der Waals surface area contributed by atoms with Crippen molar-refractivity contribution in [2.45, 2.75) is 6.61 Å². The summed E-state index contributed by atoms with van der Waals surface area (Å²) in [5.41, 5.74) is 4.84. The monoisotopic (exact) mass is 482 g/mol. The maximum atomic E-state index is 12.2. The van der Waals surface area contributed by atoms with E-state index in [1.165, 1.54) is 0 Å². The molecule has 0 bridgehead atoms. The number of hydrogen-bond acceptors (Lipinski definition) is 4. The summed E-state index contributed by atoms with van der Waals surface area (Å²) in [6, 6.07) is 22.1. The van der Waals surface area contributed by atoms with Crippen molar-refractivity contribution >= 4 is 50.6 Å². The van der Waals surface area contributed by atoms with Gasteiger partial charge in [0.05, 0.1) is 6.21 Å². The van der Waals surface area contributed by atoms with Crippen molar-refractivity contribution < 1.29 is 13.9 Å². The fourth-order valence-corrected chi connectivity index (χ4v) is 3.34. The van der Waals surface area contributed by atoms with Crippen LogP contribution in [-0.2, 0) is 6.61 Å². The predicted molar refractivity (Wildman–Crippen MR) is 121 cm³/mol. The van der Waals surface area contributed by atoms with E-state index in [4.69, 9.17) is 20.8 Å². The zero-order valence-electron chi connectivity index (χ0n) is 15.6. The molecule has 4 rings (SSSR count). The van der Waals surface area contributed by atoms with Gasteiger partial charge in [0, 0.05) is 20.4 Å². The Kier molecular flexibility index (Phi) is 6.16. The third kappa shape index (κ3) is 4.90. The predicted octanol–water partition coefficient (Wildman–Crippen LogP) is 6.19. The molecule has 1 N–H and O–H groups in total. The van der Waals surface area contributed by atoms with Crippen LogP contribution in [0.5, 0.6) is 5.75 Å². The minimum absolute atomic E-state index is 0.198. The Hall–Kier alpha value is -3.09. The number of carbonyl (C=O) groups is 1. The molecule has 4 aromatic rings. The number of rotatable bonds is 6. The van der Waals surface area contributed by atoms with E-state index >= 15 is 0 Å². The summed E-state index contributed by atoms with van der Waals surface area (Å²) in [6.45, 7) is 0.386. The minimum Gasteiger partial charge on any atom is -0.489 e. The van der Waals surface area contributed by atoms with Gasteiger partial charge in [0.1, 0.15) is 17.9 Å². The number of halogens is 2. The van der Waals surface area contributed by atoms with Crippen molar-refractivity contribution in [2.24, 2.45) is 5.10 Å². The smallest absolute Gasteiger partial charge is 0.307 e. The van der Waals surface area contributed by atoms with Gasteiger partial charge >= 0.3 is 5.91 Å². The lowest BCUT2D eigenvalue weighted by atomic mass is 10.2. The molecule has 0 saturated heterocycles. The molecule has 0 radical (unpaired) electrons. The number of ether oxygens (including phenoxy) is 1. The molecule has 0 aliphatic rings. The molecule has 0 aliphatic carbocycles. The Balaban J connectivity index is 1.33. The second-order valence-corrected chi connectivity index (χ2v) is 7.76. The van der Waals surface area contributed by atoms with Crippen molar-refractivity contribution in [3.63, 3.8) is 0 Å². The SMILES string of the molecule is O=C(N/N=C/c1ccc(OCc2ccccc2Cl)cc1)c1cc2cc(Br)ccc2o1. The first kappa shape index (κ1) is 20.2. The van der Waals surface area contributed by atoms with Crippen LogP contribution in [0.25, 0.3) is 11.0 Å². The van der Waals surface area contributed by atoms with E-state index in [9.17, 15) is 4.79 Å². The lowest BCUT2D eigenvalue weighted by Gasteiger charge is -2.07. The normalized spacial score (nSPS) is 11.1. The molecule has 1 amide bonds. The molecule has 7 heteroatoms. The number of hydrazone groups is 1. The summed E-state index contributed by atoms with van der Waals surface area (Å²) in [5, 5.41) is 5.50. The van der Waals surface area contributed by atoms with Crippen LogP contribution < -0.4 is 10.2 Å². The summed E-state index contributed by atoms with van der Waals surface area (Å²) in [4.78, 5) is 12.2. The van der Waals surface area contributed by atoms with Gasteiger partial charge in [-0.15, -0.1) is 0 Å². The van der Waals surface area contributed by atoms with Crippen molar-refractivity contribution in [3.8, 4) is 5.75 Å². The Morgan fingerprint density at radius 2 is 1.90 bits per heavy atom. The average Bonchev–Trinajstić information content (AvgIpc) is 3.17. The zero-order chi connectivity index (χ0) is 20.9. The molecule has 0 saturated carbocycles. The molecule has 1 heterocycles. The highest BCUT2D eigenvalue weighted by molar-refractivity contribution is 9.10. The third-order valence-electron chi connectivity index (χ3n) is 4.31. The van der Waals surface area contributed by atoms with Crippen LogP contribution in [0.15, 0.2) is 86.8 Å². The number of amides is 1. The number of furan rings is 1. The Labute approximate surface area is 186 Å². The van der Waals surface area contributed by atoms with Gasteiger partial charge in [0.15, 0.2) is 5.76 Å². The lowest BCUT2D eigenvalue weighted by Crippen LogP contribution is -2.16. The highest BCUT2D eigenvalue weighted by Crippen LogP contribution is 2.23. The van der Waals surface area contributed by atoms with Gasteiger partial charge in [-0.2, -0.15) is 5.10 Å². The van der Waals surface area contributed by atoms with E-state index in [0.29, 0.717) is 23.0 Å². The van der Waals surface area contributed by atoms with Gasteiger partial charge in [-0.3, -0.25) is 4.79 Å². The average molecular weight is 484 g/mol. The summed E-state index contributed by atoms with van der Waals surface area (Å²) in [5.74, 6) is 0.492. The zero-order valence-corrected chi connectivity index (χ0v) is 18.0. The van der Waals surface area contributed by atoms with Crippen LogP contribution in [0.1, 0.15) is 21.7 Å². The van der Waals surface area contributed by atoms with Gasteiger partial charge in [0.2, 0.25) is 0 Å². The molecule has 0 atom stereocenters. The van der Waals surface area contributed by atoms with Crippen molar-refractivity contribution in [3.05, 3.63) is 99.2 Å². The fraction of sp³-hybridized carbons (Fsp3) is 0.0435. The topological polar surface area (TPSA) is 63.8 Å². The molecule has 150 valence electrons. The maximum Gasteiger partial charge on any atom is 0.307 e. The highest BCUT2D eigenvalue weighted by Gasteiger charge is 2.11. The number of fused-ring (bicyclic) bond motifs is 1. The van der Waals surface area contributed by atoms with Crippen LogP contribution in [0, 0.1) is 0 Å². The van der Waals surface area contributed by atoms with Gasteiger partial charge < -0.3 is 9.15 Å². The number of carbonyl (C=O) groups excluding carboxylic acids is 1. The maximum absolute atomic E-state index is 12.2. The molecule has 1 aromatic heterocycles. The Morgan fingerprint density at radius 3 is 2.70 bits per heavy atom. The summed E-state index contributed by atoms with van der Waals surface area (Å²) >= 11 is 9.53. The third-order valence-corrected chi connectivity index (χ3v) is 5.18. The van der Waals surface area contributed by atoms with Gasteiger partial charge in [-0.25, -0.2) is 5.43 Å². The van der Waals surface area contributed by atoms with E-state index in [0.717, 1.165) is 21.0 Å². The Bertz CT molecular complexity index is 1220. The second-order valence-electron chi connectivity index (χ2n) is 6.44. The molecular weight excluding hydrogens is 468 g/mol. The van der Waals surface area contributed by atoms with Crippen molar-refractivity contribution in [1.29, 1.82) is 0 Å². The van der Waals surface area contributed by atoms with E-state index < -0.39 is 5.91 Å². The Morgan fingerprint density at radius 1 is 1.10 bits per heavy atom. The molecule has 0 unspecified atom stereocenters. The number of hydrogen-bond donors (Lipinski definition) is 1. The first-order valence-corrected chi connectivity index (χ1v) is 10.2. The molecule has 5 nitrogen and oxygen atoms in total. The quantitative estimate of drug-likeness (QED) is 0.263. The molecule has 3 aromatic carbocycles. The number of benzene rings is 3. The van der Waals surface area contributed by atoms with Gasteiger partial charge in [-0.05, 0) is 60.2 Å². The summed E-state index contributed by atoms with van der Waals surface area (Å²) in [6.07, 6.45) is 1.55. The van der Waals surface area contributed by atoms with Crippen molar-refractivity contribution in [1.82, 2.24) is 5.43 Å². The highest BCUT2D eigenvalue weighted by atomic mass is 79.9. The minimum atomic E-state index is -0.418. The number of nitrogens with zero attached hydrogens (tertiary/aromatic N) is 1. The number of nitrogens with one attached hydrogen (secondary N) is 1. The first-order valence-electron chi connectivity index (χ1n) is 9.07. The van der Waals surface area contributed by atoms with E-state index in [-0.39, 0.29) is 5.76 Å². The molecule has 0 spiro atoms. The molecular formula is C23H16BrClN2O3. The molecule has 30 heavy (non-hydrogen) atoms. The summed E-state index contributed by atoms with van der Waals surface area (Å²) < 4.78 is 12.2. The molecule has 0 fully saturated rings. The van der Waals surface area contributed by atoms with Crippen LogP contribution in [0.4, 0.5) is 0 Å². The van der Waals surface area contributed by atoms with E-state index in [2.05, 4.69) is 26.5 Å². The van der Waals surface area contributed by atoms with E-state index in [1.54, 1.807) is 18.3 Å². The van der Waals surface area contributed by atoms with Crippen LogP contribution >= 0.6 is 27.5 Å². The van der Waals surface area contributed by atoms with Crippen LogP contribution in [-0.4, -0.2) is 12.1 Å². The van der Waals surface area contributed by atoms with Crippen LogP contribution in [0.2, 0.25) is 5.02 Å². The standard InChI is InChI=1S/C23H16BrClN2O3/c24-18-7-10-21-17(11-18)12-22(30-21)23(28)27-26-13-15-5-8-19(9-6-15)29-14-16-3-1-2-4-20(16)25/h1-13H,14H2,(H,27,28)/b26-13+. The van der Waals surface area contributed by atoms with Gasteiger partial charge in [0.25, 0.3) is 0 Å². The van der Waals surface area contributed by atoms with Crippen LogP contribution in [0.3, 0.4) is 0 Å². The largest absolute Gasteiger partial charge is 0.489 e.